The van der Waals surface area contributed by atoms with Gasteiger partial charge in [-0.2, -0.15) is 5.10 Å². The summed E-state index contributed by atoms with van der Waals surface area (Å²) in [7, 11) is 0. The Morgan fingerprint density at radius 2 is 2.00 bits per heavy atom. The van der Waals surface area contributed by atoms with Crippen molar-refractivity contribution in [3.05, 3.63) is 90.0 Å². The highest BCUT2D eigenvalue weighted by Gasteiger charge is 2.34. The first-order chi connectivity index (χ1) is 13.9. The van der Waals surface area contributed by atoms with Crippen LogP contribution in [0.3, 0.4) is 0 Å². The molecule has 29 heavy (non-hydrogen) atoms. The average Bonchev–Trinajstić information content (AvgIpc) is 3.19. The molecule has 0 amide bonds. The van der Waals surface area contributed by atoms with Crippen LogP contribution in [0.2, 0.25) is 0 Å². The zero-order valence-electron chi connectivity index (χ0n) is 15.6. The normalized spacial score (nSPS) is 13.4. The molecule has 1 atom stereocenters. The number of carbonyl (C=O) groups is 1. The fourth-order valence-corrected chi connectivity index (χ4v) is 2.82. The van der Waals surface area contributed by atoms with Gasteiger partial charge in [-0.15, -0.1) is 0 Å². The van der Waals surface area contributed by atoms with E-state index in [0.717, 1.165) is 6.07 Å². The number of hydrogen-bond donors (Lipinski definition) is 1. The maximum Gasteiger partial charge on any atom is 0.185 e. The minimum atomic E-state index is -1.84. The van der Waals surface area contributed by atoms with E-state index in [1.165, 1.54) is 29.5 Å². The van der Waals surface area contributed by atoms with Gasteiger partial charge in [0.15, 0.2) is 5.78 Å². The van der Waals surface area contributed by atoms with Crippen molar-refractivity contribution in [3.8, 4) is 5.75 Å². The van der Waals surface area contributed by atoms with Gasteiger partial charge in [0.1, 0.15) is 42.2 Å². The third-order valence-electron chi connectivity index (χ3n) is 4.26. The van der Waals surface area contributed by atoms with E-state index < -0.39 is 17.2 Å². The molecule has 0 bridgehead atoms. The zero-order chi connectivity index (χ0) is 20.9. The zero-order valence-corrected chi connectivity index (χ0v) is 15.6. The molecule has 3 aromatic rings. The van der Waals surface area contributed by atoms with Crippen molar-refractivity contribution in [3.63, 3.8) is 0 Å². The van der Waals surface area contributed by atoms with E-state index in [4.69, 9.17) is 4.74 Å². The molecule has 8 heteroatoms. The van der Waals surface area contributed by atoms with Crippen molar-refractivity contribution in [2.75, 3.05) is 6.61 Å². The second kappa shape index (κ2) is 8.74. The molecular formula is C21H19F2N3O3. The number of carbonyl (C=O) groups excluding carboxylic acids is 1. The topological polar surface area (TPSA) is 77.2 Å². The van der Waals surface area contributed by atoms with Gasteiger partial charge in [0.05, 0.1) is 6.54 Å². The van der Waals surface area contributed by atoms with E-state index in [-0.39, 0.29) is 24.5 Å². The first-order valence-corrected chi connectivity index (χ1v) is 8.81. The van der Waals surface area contributed by atoms with E-state index in [2.05, 4.69) is 10.1 Å². The van der Waals surface area contributed by atoms with Crippen LogP contribution in [0.25, 0.3) is 0 Å². The van der Waals surface area contributed by atoms with Gasteiger partial charge in [-0.05, 0) is 43.3 Å². The van der Waals surface area contributed by atoms with E-state index in [0.29, 0.717) is 17.4 Å². The van der Waals surface area contributed by atoms with E-state index >= 15 is 0 Å². The molecule has 3 rings (SSSR count). The van der Waals surface area contributed by atoms with Crippen LogP contribution in [-0.4, -0.2) is 32.3 Å². The first kappa shape index (κ1) is 20.3. The number of hydrogen-bond acceptors (Lipinski definition) is 5. The van der Waals surface area contributed by atoms with Gasteiger partial charge in [-0.1, -0.05) is 12.1 Å². The number of ketones is 1. The van der Waals surface area contributed by atoms with Crippen LogP contribution in [0.15, 0.2) is 67.3 Å². The van der Waals surface area contributed by atoms with Crippen LogP contribution in [0.1, 0.15) is 22.8 Å². The molecule has 0 aliphatic heterocycles. The molecule has 0 saturated carbocycles. The monoisotopic (exact) mass is 399 g/mol. The van der Waals surface area contributed by atoms with Crippen LogP contribution in [0.4, 0.5) is 8.78 Å². The fraction of sp³-hybridized carbons (Fsp3) is 0.190. The molecule has 0 saturated heterocycles. The van der Waals surface area contributed by atoms with Gasteiger partial charge in [-0.3, -0.25) is 4.79 Å². The number of benzene rings is 2. The number of allylic oxidation sites excluding steroid dienone is 2. The molecule has 0 fully saturated rings. The summed E-state index contributed by atoms with van der Waals surface area (Å²) in [5.74, 6) is -1.42. The standard InChI is InChI=1S/C21H19F2N3O3/c1-2-3-20(27)15-4-7-17(8-5-15)29-12-21(28,11-26-14-24-13-25-26)18-9-6-16(22)10-19(18)23/h2-10,13-14,28H,11-12H2,1H3/b3-2+. The smallest absolute Gasteiger partial charge is 0.185 e. The maximum atomic E-state index is 14.4. The molecule has 0 spiro atoms. The molecule has 0 radical (unpaired) electrons. The molecule has 1 N–H and O–H groups in total. The van der Waals surface area contributed by atoms with Gasteiger partial charge in [0.25, 0.3) is 0 Å². The Hall–Kier alpha value is -3.39. The lowest BCUT2D eigenvalue weighted by Gasteiger charge is -2.29. The summed E-state index contributed by atoms with van der Waals surface area (Å²) in [5.41, 5.74) is -1.49. The quantitative estimate of drug-likeness (QED) is 0.465. The fourth-order valence-electron chi connectivity index (χ4n) is 2.82. The van der Waals surface area contributed by atoms with Gasteiger partial charge in [0.2, 0.25) is 0 Å². The predicted octanol–water partition coefficient (Wildman–Crippen LogP) is 3.28. The summed E-state index contributed by atoms with van der Waals surface area (Å²) in [6.45, 7) is 1.25. The number of nitrogens with zero attached hydrogens (tertiary/aromatic N) is 3. The minimum absolute atomic E-state index is 0.130. The van der Waals surface area contributed by atoms with E-state index in [1.807, 2.05) is 0 Å². The van der Waals surface area contributed by atoms with Crippen LogP contribution in [0, 0.1) is 11.6 Å². The number of ether oxygens (including phenoxy) is 1. The average molecular weight is 399 g/mol. The Bertz CT molecular complexity index is 1000. The Labute approximate surface area is 166 Å². The summed E-state index contributed by atoms with van der Waals surface area (Å²) >= 11 is 0. The second-order valence-corrected chi connectivity index (χ2v) is 6.43. The number of halogens is 2. The maximum absolute atomic E-state index is 14.4. The van der Waals surface area contributed by atoms with Crippen LogP contribution >= 0.6 is 0 Å². The number of aliphatic hydroxyl groups is 1. The van der Waals surface area contributed by atoms with Gasteiger partial charge in [-0.25, -0.2) is 18.4 Å². The number of rotatable bonds is 8. The van der Waals surface area contributed by atoms with Crippen LogP contribution in [-0.2, 0) is 12.1 Å². The Morgan fingerprint density at radius 3 is 2.62 bits per heavy atom. The molecule has 2 aromatic carbocycles. The van der Waals surface area contributed by atoms with Gasteiger partial charge in [0, 0.05) is 17.2 Å². The summed E-state index contributed by atoms with van der Waals surface area (Å²) in [4.78, 5) is 15.7. The molecule has 6 nitrogen and oxygen atoms in total. The third kappa shape index (κ3) is 4.91. The highest BCUT2D eigenvalue weighted by molar-refractivity contribution is 6.04. The van der Waals surface area contributed by atoms with Crippen LogP contribution in [0.5, 0.6) is 5.75 Å². The van der Waals surface area contributed by atoms with Gasteiger partial charge >= 0.3 is 0 Å². The van der Waals surface area contributed by atoms with E-state index in [1.54, 1.807) is 37.3 Å². The van der Waals surface area contributed by atoms with Gasteiger partial charge < -0.3 is 9.84 Å². The van der Waals surface area contributed by atoms with Crippen molar-refractivity contribution in [1.29, 1.82) is 0 Å². The lowest BCUT2D eigenvalue weighted by atomic mass is 9.94. The van der Waals surface area contributed by atoms with Crippen molar-refractivity contribution in [2.45, 2.75) is 19.1 Å². The lowest BCUT2D eigenvalue weighted by Crippen LogP contribution is -2.39. The molecule has 1 heterocycles. The summed E-state index contributed by atoms with van der Waals surface area (Å²) < 4.78 is 34.7. The Kier molecular flexibility index (Phi) is 6.13. The summed E-state index contributed by atoms with van der Waals surface area (Å²) in [6, 6.07) is 9.26. The second-order valence-electron chi connectivity index (χ2n) is 6.43. The van der Waals surface area contributed by atoms with Crippen molar-refractivity contribution < 1.29 is 23.4 Å². The first-order valence-electron chi connectivity index (χ1n) is 8.81. The summed E-state index contributed by atoms with van der Waals surface area (Å²) in [6.07, 6.45) is 5.75. The van der Waals surface area contributed by atoms with Crippen molar-refractivity contribution in [2.24, 2.45) is 0 Å². The van der Waals surface area contributed by atoms with Crippen molar-refractivity contribution >= 4 is 5.78 Å². The number of aromatic nitrogens is 3. The van der Waals surface area contributed by atoms with Crippen LogP contribution < -0.4 is 4.74 Å². The summed E-state index contributed by atoms with van der Waals surface area (Å²) in [5, 5.41) is 15.1. The Balaban J connectivity index is 1.83. The van der Waals surface area contributed by atoms with E-state index in [9.17, 15) is 18.7 Å². The molecule has 1 aromatic heterocycles. The predicted molar refractivity (Wildman–Crippen MR) is 101 cm³/mol. The molecule has 1 unspecified atom stereocenters. The lowest BCUT2D eigenvalue weighted by molar-refractivity contribution is -0.0297. The molecule has 150 valence electrons. The highest BCUT2D eigenvalue weighted by Crippen LogP contribution is 2.28. The van der Waals surface area contributed by atoms with Crippen molar-refractivity contribution in [1.82, 2.24) is 14.8 Å². The SMILES string of the molecule is C/C=C/C(=O)c1ccc(OCC(O)(Cn2cncn2)c2ccc(F)cc2F)cc1. The molecule has 0 aliphatic carbocycles. The Morgan fingerprint density at radius 1 is 1.24 bits per heavy atom. The largest absolute Gasteiger partial charge is 0.490 e. The third-order valence-corrected chi connectivity index (χ3v) is 4.26. The molecular weight excluding hydrogens is 380 g/mol. The highest BCUT2D eigenvalue weighted by atomic mass is 19.1. The molecule has 0 aliphatic rings. The minimum Gasteiger partial charge on any atom is -0.490 e.